The van der Waals surface area contributed by atoms with Crippen molar-refractivity contribution in [3.63, 3.8) is 0 Å². The van der Waals surface area contributed by atoms with Crippen molar-refractivity contribution in [2.45, 2.75) is 19.8 Å². The van der Waals surface area contributed by atoms with Crippen LogP contribution in [0.1, 0.15) is 23.6 Å². The van der Waals surface area contributed by atoms with Gasteiger partial charge < -0.3 is 10.4 Å². The molecule has 2 amide bonds. The first-order chi connectivity index (χ1) is 12.5. The largest absolute Gasteiger partial charge is 0.507 e. The molecule has 134 valence electrons. The number of aryl methyl sites for hydroxylation is 1. The number of carbonyl (C=O) groups excluding carboxylic acids is 2. The zero-order chi connectivity index (χ0) is 18.9. The van der Waals surface area contributed by atoms with Gasteiger partial charge in [-0.25, -0.2) is 5.43 Å². The van der Waals surface area contributed by atoms with E-state index in [0.29, 0.717) is 23.2 Å². The second kappa shape index (κ2) is 9.17. The Hall–Kier alpha value is -3.41. The predicted octanol–water partition coefficient (Wildman–Crippen LogP) is 2.77. The summed E-state index contributed by atoms with van der Waals surface area (Å²) in [6.07, 6.45) is 4.36. The van der Waals surface area contributed by atoms with Crippen LogP contribution in [0, 0.1) is 0 Å². The monoisotopic (exact) mass is 351 g/mol. The van der Waals surface area contributed by atoms with Gasteiger partial charge in [-0.2, -0.15) is 5.10 Å². The highest BCUT2D eigenvalue weighted by atomic mass is 16.3. The fourth-order valence-corrected chi connectivity index (χ4v) is 2.26. The lowest BCUT2D eigenvalue weighted by Crippen LogP contribution is -2.32. The van der Waals surface area contributed by atoms with Gasteiger partial charge in [-0.1, -0.05) is 37.3 Å². The molecule has 2 rings (SSSR count). The molecule has 2 aromatic rings. The van der Waals surface area contributed by atoms with Crippen LogP contribution in [0.3, 0.4) is 0 Å². The van der Waals surface area contributed by atoms with Crippen LogP contribution < -0.4 is 10.7 Å². The summed E-state index contributed by atoms with van der Waals surface area (Å²) in [6, 6.07) is 12.4. The molecule has 6 nitrogen and oxygen atoms in total. The first-order valence-electron chi connectivity index (χ1n) is 8.20. The van der Waals surface area contributed by atoms with E-state index in [1.807, 2.05) is 19.1 Å². The van der Waals surface area contributed by atoms with Crippen LogP contribution in [0.25, 0.3) is 0 Å². The molecular formula is C20H21N3O3. The molecule has 2 aromatic carbocycles. The number of phenolic OH excluding ortho intramolecular Hbond substituents is 1. The number of carbonyl (C=O) groups is 2. The van der Waals surface area contributed by atoms with E-state index >= 15 is 0 Å². The number of nitrogens with zero attached hydrogens (tertiary/aromatic N) is 1. The predicted molar refractivity (Wildman–Crippen MR) is 102 cm³/mol. The summed E-state index contributed by atoms with van der Waals surface area (Å²) >= 11 is 0. The number of phenols is 1. The number of hydrazone groups is 1. The lowest BCUT2D eigenvalue weighted by atomic mass is 10.1. The summed E-state index contributed by atoms with van der Waals surface area (Å²) in [5.41, 5.74) is 4.93. The fourth-order valence-electron chi connectivity index (χ4n) is 2.26. The van der Waals surface area contributed by atoms with Gasteiger partial charge in [0.1, 0.15) is 5.75 Å². The number of amides is 2. The number of benzene rings is 2. The lowest BCUT2D eigenvalue weighted by molar-refractivity contribution is -0.136. The molecule has 0 fully saturated rings. The number of hydrogen-bond acceptors (Lipinski definition) is 4. The number of aromatic hydroxyl groups is 1. The third kappa shape index (κ3) is 5.04. The first kappa shape index (κ1) is 18.9. The molecule has 0 aliphatic rings. The van der Waals surface area contributed by atoms with Gasteiger partial charge in [0.15, 0.2) is 0 Å². The molecule has 0 radical (unpaired) electrons. The third-order valence-corrected chi connectivity index (χ3v) is 3.71. The number of rotatable bonds is 6. The minimum Gasteiger partial charge on any atom is -0.507 e. The topological polar surface area (TPSA) is 90.8 Å². The highest BCUT2D eigenvalue weighted by Gasteiger charge is 2.13. The van der Waals surface area contributed by atoms with Crippen LogP contribution in [0.5, 0.6) is 5.75 Å². The smallest absolute Gasteiger partial charge is 0.329 e. The Bertz CT molecular complexity index is 827. The average molecular weight is 351 g/mol. The Morgan fingerprint density at radius 1 is 1.15 bits per heavy atom. The van der Waals surface area contributed by atoms with Gasteiger partial charge in [0.05, 0.1) is 6.21 Å². The normalized spacial score (nSPS) is 10.5. The van der Waals surface area contributed by atoms with Crippen LogP contribution in [-0.4, -0.2) is 23.1 Å². The number of para-hydroxylation sites is 1. The summed E-state index contributed by atoms with van der Waals surface area (Å²) in [6.45, 7) is 5.66. The highest BCUT2D eigenvalue weighted by molar-refractivity contribution is 6.39. The zero-order valence-electron chi connectivity index (χ0n) is 14.5. The zero-order valence-corrected chi connectivity index (χ0v) is 14.5. The molecule has 3 N–H and O–H groups in total. The van der Waals surface area contributed by atoms with Crippen LogP contribution >= 0.6 is 0 Å². The Morgan fingerprint density at radius 3 is 2.54 bits per heavy atom. The Kier molecular flexibility index (Phi) is 6.68. The van der Waals surface area contributed by atoms with Crippen LogP contribution in [0.4, 0.5) is 5.69 Å². The summed E-state index contributed by atoms with van der Waals surface area (Å²) in [5, 5.41) is 16.3. The minimum atomic E-state index is -0.900. The number of nitrogens with one attached hydrogen (secondary N) is 2. The van der Waals surface area contributed by atoms with E-state index in [9.17, 15) is 14.7 Å². The van der Waals surface area contributed by atoms with E-state index in [4.69, 9.17) is 0 Å². The number of anilines is 1. The van der Waals surface area contributed by atoms with Gasteiger partial charge in [0, 0.05) is 11.3 Å². The molecular weight excluding hydrogens is 330 g/mol. The van der Waals surface area contributed by atoms with Crippen molar-refractivity contribution in [3.05, 3.63) is 71.8 Å². The van der Waals surface area contributed by atoms with Gasteiger partial charge >= 0.3 is 11.8 Å². The maximum absolute atomic E-state index is 11.9. The third-order valence-electron chi connectivity index (χ3n) is 3.71. The van der Waals surface area contributed by atoms with E-state index in [1.54, 1.807) is 36.4 Å². The Morgan fingerprint density at radius 2 is 1.88 bits per heavy atom. The van der Waals surface area contributed by atoms with Gasteiger partial charge in [-0.3, -0.25) is 9.59 Å². The summed E-state index contributed by atoms with van der Waals surface area (Å²) in [5.74, 6) is -1.66. The van der Waals surface area contributed by atoms with Crippen molar-refractivity contribution in [1.29, 1.82) is 0 Å². The Labute approximate surface area is 152 Å². The molecule has 0 heterocycles. The Balaban J connectivity index is 1.94. The summed E-state index contributed by atoms with van der Waals surface area (Å²) < 4.78 is 0. The highest BCUT2D eigenvalue weighted by Crippen LogP contribution is 2.21. The van der Waals surface area contributed by atoms with Crippen molar-refractivity contribution in [2.75, 3.05) is 5.32 Å². The van der Waals surface area contributed by atoms with Crippen LogP contribution in [0.15, 0.2) is 60.2 Å². The van der Waals surface area contributed by atoms with Crippen molar-refractivity contribution in [2.24, 2.45) is 5.10 Å². The SMILES string of the molecule is C=CCc1cccc(C=NNC(=O)C(=O)Nc2ccc(CC)cc2)c1O. The summed E-state index contributed by atoms with van der Waals surface area (Å²) in [7, 11) is 0. The van der Waals surface area contributed by atoms with Crippen molar-refractivity contribution < 1.29 is 14.7 Å². The molecule has 0 aliphatic carbocycles. The van der Waals surface area contributed by atoms with Crippen molar-refractivity contribution in [3.8, 4) is 5.75 Å². The lowest BCUT2D eigenvalue weighted by Gasteiger charge is -2.06. The molecule has 0 spiro atoms. The van der Waals surface area contributed by atoms with Gasteiger partial charge in [0.25, 0.3) is 0 Å². The molecule has 26 heavy (non-hydrogen) atoms. The van der Waals surface area contributed by atoms with E-state index in [2.05, 4.69) is 22.4 Å². The number of allylic oxidation sites excluding steroid dienone is 1. The first-order valence-corrected chi connectivity index (χ1v) is 8.20. The standard InChI is InChI=1S/C20H21N3O3/c1-3-6-15-7-5-8-16(18(15)24)13-21-23-20(26)19(25)22-17-11-9-14(4-2)10-12-17/h3,5,7-13,24H,1,4,6H2,2H3,(H,22,25)(H,23,26). The van der Waals surface area contributed by atoms with Crippen LogP contribution in [-0.2, 0) is 22.4 Å². The van der Waals surface area contributed by atoms with E-state index in [-0.39, 0.29) is 5.75 Å². The molecule has 0 atom stereocenters. The van der Waals surface area contributed by atoms with Crippen LogP contribution in [0.2, 0.25) is 0 Å². The quantitative estimate of drug-likeness (QED) is 0.323. The molecule has 0 saturated carbocycles. The molecule has 0 aromatic heterocycles. The van der Waals surface area contributed by atoms with Crippen molar-refractivity contribution in [1.82, 2.24) is 5.43 Å². The molecule has 0 aliphatic heterocycles. The second-order valence-corrected chi connectivity index (χ2v) is 5.55. The van der Waals surface area contributed by atoms with E-state index in [1.165, 1.54) is 6.21 Å². The maximum Gasteiger partial charge on any atom is 0.329 e. The average Bonchev–Trinajstić information content (AvgIpc) is 2.65. The molecule has 0 bridgehead atoms. The number of hydrogen-bond donors (Lipinski definition) is 3. The summed E-state index contributed by atoms with van der Waals surface area (Å²) in [4.78, 5) is 23.7. The van der Waals surface area contributed by atoms with Crippen molar-refractivity contribution >= 4 is 23.7 Å². The maximum atomic E-state index is 11.9. The van der Waals surface area contributed by atoms with Gasteiger partial charge in [0.2, 0.25) is 0 Å². The second-order valence-electron chi connectivity index (χ2n) is 5.55. The fraction of sp³-hybridized carbons (Fsp3) is 0.150. The van der Waals surface area contributed by atoms with E-state index < -0.39 is 11.8 Å². The van der Waals surface area contributed by atoms with E-state index in [0.717, 1.165) is 12.0 Å². The van der Waals surface area contributed by atoms with Gasteiger partial charge in [-0.15, -0.1) is 6.58 Å². The molecule has 6 heteroatoms. The molecule has 0 saturated heterocycles. The van der Waals surface area contributed by atoms with Gasteiger partial charge in [-0.05, 0) is 42.2 Å². The molecule has 0 unspecified atom stereocenters. The minimum absolute atomic E-state index is 0.0610.